The van der Waals surface area contributed by atoms with E-state index in [0.717, 1.165) is 0 Å². The van der Waals surface area contributed by atoms with Crippen molar-refractivity contribution in [3.8, 4) is 11.5 Å². The number of imide groups is 1. The van der Waals surface area contributed by atoms with Gasteiger partial charge in [-0.2, -0.15) is 5.06 Å². The summed E-state index contributed by atoms with van der Waals surface area (Å²) in [7, 11) is 1.42. The summed E-state index contributed by atoms with van der Waals surface area (Å²) in [6, 6.07) is 4.93. The second kappa shape index (κ2) is 7.00. The number of hydrogen-bond acceptors (Lipinski definition) is 7. The molecule has 8 heteroatoms. The van der Waals surface area contributed by atoms with Gasteiger partial charge in [-0.3, -0.25) is 24.4 Å². The molecule has 5 rings (SSSR count). The van der Waals surface area contributed by atoms with Crippen molar-refractivity contribution in [2.75, 3.05) is 7.11 Å². The van der Waals surface area contributed by atoms with Crippen LogP contribution < -0.4 is 4.74 Å². The van der Waals surface area contributed by atoms with Crippen LogP contribution in [-0.4, -0.2) is 45.9 Å². The summed E-state index contributed by atoms with van der Waals surface area (Å²) in [5.74, 6) is -4.75. The zero-order valence-electron chi connectivity index (χ0n) is 17.5. The van der Waals surface area contributed by atoms with Gasteiger partial charge in [-0.05, 0) is 37.8 Å². The van der Waals surface area contributed by atoms with E-state index in [1.54, 1.807) is 25.1 Å². The zero-order chi connectivity index (χ0) is 22.9. The summed E-state index contributed by atoms with van der Waals surface area (Å²) in [5, 5.41) is 21.0. The van der Waals surface area contributed by atoms with Gasteiger partial charge in [0, 0.05) is 28.2 Å². The molecule has 1 aliphatic heterocycles. The standard InChI is InChI=1S/C24H21NO7/c1-10-8-16(26)15-9-14-11(6-7-13-19(14)24(30)25(31)23(13)29)18(20(15)21(10)27)12-4-3-5-17(32-2)22(12)28/h3-6,8,13-14,18-19,28,31H,7,9H2,1-2H3/t13-,14+,18+,19-/m0/s1. The lowest BCUT2D eigenvalue weighted by Crippen LogP contribution is -2.39. The Bertz CT molecular complexity index is 1200. The minimum atomic E-state index is -0.827. The predicted molar refractivity (Wildman–Crippen MR) is 110 cm³/mol. The van der Waals surface area contributed by atoms with Gasteiger partial charge in [0.05, 0.1) is 18.9 Å². The highest BCUT2D eigenvalue weighted by Gasteiger charge is 2.56. The lowest BCUT2D eigenvalue weighted by Gasteiger charge is -2.42. The van der Waals surface area contributed by atoms with Gasteiger partial charge in [-0.1, -0.05) is 23.8 Å². The SMILES string of the molecule is COc1cccc([C@H]2C3=CC[C@@H]4C(=O)N(O)C(=O)[C@@H]4[C@@H]3CC3=C2C(=O)C(C)=CC3=O)c1O. The maximum Gasteiger partial charge on any atom is 0.257 e. The Labute approximate surface area is 183 Å². The number of rotatable bonds is 2. The quantitative estimate of drug-likeness (QED) is 0.316. The summed E-state index contributed by atoms with van der Waals surface area (Å²) in [6.45, 7) is 1.58. The van der Waals surface area contributed by atoms with Crippen LogP contribution in [0.1, 0.15) is 31.2 Å². The second-order valence-electron chi connectivity index (χ2n) is 8.62. The molecule has 0 saturated carbocycles. The van der Waals surface area contributed by atoms with Gasteiger partial charge in [0.1, 0.15) is 0 Å². The largest absolute Gasteiger partial charge is 0.504 e. The number of hydroxylamine groups is 2. The average molecular weight is 435 g/mol. The summed E-state index contributed by atoms with van der Waals surface area (Å²) in [6.07, 6.45) is 3.44. The monoisotopic (exact) mass is 435 g/mol. The van der Waals surface area contributed by atoms with Gasteiger partial charge in [0.15, 0.2) is 23.1 Å². The molecular weight excluding hydrogens is 414 g/mol. The minimum Gasteiger partial charge on any atom is -0.504 e. The maximum atomic E-state index is 13.2. The number of phenolic OH excluding ortho intramolecular Hbond substituents is 1. The highest BCUT2D eigenvalue weighted by Crippen LogP contribution is 2.56. The van der Waals surface area contributed by atoms with Crippen molar-refractivity contribution in [1.29, 1.82) is 0 Å². The number of ketones is 2. The van der Waals surface area contributed by atoms with Crippen LogP contribution in [-0.2, 0) is 19.2 Å². The number of allylic oxidation sites excluding steroid dienone is 6. The van der Waals surface area contributed by atoms with E-state index in [2.05, 4.69) is 0 Å². The third kappa shape index (κ3) is 2.59. The van der Waals surface area contributed by atoms with Crippen LogP contribution >= 0.6 is 0 Å². The van der Waals surface area contributed by atoms with Gasteiger partial charge >= 0.3 is 0 Å². The summed E-state index contributed by atoms with van der Waals surface area (Å²) in [4.78, 5) is 51.3. The van der Waals surface area contributed by atoms with Crippen LogP contribution in [0.4, 0.5) is 0 Å². The van der Waals surface area contributed by atoms with Crippen molar-refractivity contribution in [1.82, 2.24) is 5.06 Å². The van der Waals surface area contributed by atoms with Crippen molar-refractivity contribution in [2.45, 2.75) is 25.7 Å². The van der Waals surface area contributed by atoms with Crippen LogP contribution in [0.25, 0.3) is 0 Å². The molecule has 0 spiro atoms. The fourth-order valence-corrected chi connectivity index (χ4v) is 5.64. The van der Waals surface area contributed by atoms with Crippen LogP contribution in [0, 0.1) is 17.8 Å². The number of ether oxygens (including phenoxy) is 1. The summed E-state index contributed by atoms with van der Waals surface area (Å²) < 4.78 is 5.24. The number of amides is 2. The Morgan fingerprint density at radius 1 is 1.09 bits per heavy atom. The van der Waals surface area contributed by atoms with Gasteiger partial charge in [0.25, 0.3) is 11.8 Å². The topological polar surface area (TPSA) is 121 Å². The molecule has 3 aliphatic carbocycles. The first-order chi connectivity index (χ1) is 15.3. The fraction of sp³-hybridized carbons (Fsp3) is 0.333. The molecule has 1 fully saturated rings. The zero-order valence-corrected chi connectivity index (χ0v) is 17.5. The molecule has 0 aromatic heterocycles. The third-order valence-electron chi connectivity index (χ3n) is 7.10. The van der Waals surface area contributed by atoms with Gasteiger partial charge in [0.2, 0.25) is 0 Å². The Morgan fingerprint density at radius 3 is 2.56 bits per heavy atom. The molecule has 1 aromatic rings. The number of carbonyl (C=O) groups is 4. The molecule has 2 amide bonds. The lowest BCUT2D eigenvalue weighted by atomic mass is 9.59. The number of para-hydroxylation sites is 1. The number of hydrogen-bond donors (Lipinski definition) is 2. The molecule has 4 aliphatic rings. The Hall–Kier alpha value is -3.52. The first-order valence-electron chi connectivity index (χ1n) is 10.4. The van der Waals surface area contributed by atoms with E-state index in [9.17, 15) is 29.5 Å². The molecule has 1 aromatic carbocycles. The lowest BCUT2D eigenvalue weighted by molar-refractivity contribution is -0.173. The number of phenols is 1. The average Bonchev–Trinajstić information content (AvgIpc) is 3.00. The van der Waals surface area contributed by atoms with E-state index in [0.29, 0.717) is 16.7 Å². The van der Waals surface area contributed by atoms with E-state index in [1.165, 1.54) is 13.2 Å². The minimum absolute atomic E-state index is 0.116. The molecule has 1 saturated heterocycles. The van der Waals surface area contributed by atoms with Crippen molar-refractivity contribution in [3.63, 3.8) is 0 Å². The smallest absolute Gasteiger partial charge is 0.257 e. The maximum absolute atomic E-state index is 13.2. The number of nitrogens with zero attached hydrogens (tertiary/aromatic N) is 1. The normalized spacial score (nSPS) is 29.4. The van der Waals surface area contributed by atoms with Gasteiger partial charge < -0.3 is 9.84 Å². The molecule has 0 radical (unpaired) electrons. The van der Waals surface area contributed by atoms with Crippen LogP contribution in [0.5, 0.6) is 11.5 Å². The number of fused-ring (bicyclic) bond motifs is 3. The van der Waals surface area contributed by atoms with Gasteiger partial charge in [-0.25, -0.2) is 0 Å². The number of benzene rings is 1. The molecule has 0 unspecified atom stereocenters. The third-order valence-corrected chi connectivity index (χ3v) is 7.10. The molecule has 4 atom stereocenters. The van der Waals surface area contributed by atoms with Crippen molar-refractivity contribution in [3.05, 3.63) is 58.2 Å². The first-order valence-corrected chi connectivity index (χ1v) is 10.4. The van der Waals surface area contributed by atoms with E-state index in [1.807, 2.05) is 6.08 Å². The highest BCUT2D eigenvalue weighted by atomic mass is 16.5. The summed E-state index contributed by atoms with van der Waals surface area (Å²) >= 11 is 0. The predicted octanol–water partition coefficient (Wildman–Crippen LogP) is 2.22. The number of aromatic hydroxyl groups is 1. The highest BCUT2D eigenvalue weighted by molar-refractivity contribution is 6.23. The molecule has 2 N–H and O–H groups in total. The molecule has 1 heterocycles. The molecule has 164 valence electrons. The Morgan fingerprint density at radius 2 is 1.84 bits per heavy atom. The number of Topliss-reactive ketones (excluding diaryl/α,β-unsaturated/α-hetero) is 1. The van der Waals surface area contributed by atoms with Crippen molar-refractivity contribution >= 4 is 23.4 Å². The van der Waals surface area contributed by atoms with Crippen LogP contribution in [0.15, 0.2) is 52.6 Å². The number of carbonyl (C=O) groups excluding carboxylic acids is 4. The first kappa shape index (κ1) is 20.4. The van der Waals surface area contributed by atoms with E-state index >= 15 is 0 Å². The van der Waals surface area contributed by atoms with Gasteiger partial charge in [-0.15, -0.1) is 0 Å². The molecule has 8 nitrogen and oxygen atoms in total. The Balaban J connectivity index is 1.75. The van der Waals surface area contributed by atoms with E-state index in [4.69, 9.17) is 4.74 Å². The number of methoxy groups -OCH3 is 1. The summed E-state index contributed by atoms with van der Waals surface area (Å²) in [5.41, 5.74) is 1.97. The molecule has 0 bridgehead atoms. The molecule has 32 heavy (non-hydrogen) atoms. The van der Waals surface area contributed by atoms with Crippen LogP contribution in [0.3, 0.4) is 0 Å². The van der Waals surface area contributed by atoms with E-state index in [-0.39, 0.29) is 52.1 Å². The Kier molecular flexibility index (Phi) is 4.46. The van der Waals surface area contributed by atoms with Crippen molar-refractivity contribution in [2.24, 2.45) is 17.8 Å². The second-order valence-corrected chi connectivity index (χ2v) is 8.62. The van der Waals surface area contributed by atoms with E-state index < -0.39 is 35.5 Å². The fourth-order valence-electron chi connectivity index (χ4n) is 5.64. The van der Waals surface area contributed by atoms with Crippen LogP contribution in [0.2, 0.25) is 0 Å². The molecular formula is C24H21NO7. The van der Waals surface area contributed by atoms with Crippen molar-refractivity contribution < 1.29 is 34.2 Å².